The molecule has 0 bridgehead atoms. The molecule has 0 N–H and O–H groups in total. The number of hydrogen-bond donors (Lipinski definition) is 0. The lowest BCUT2D eigenvalue weighted by Crippen LogP contribution is -1.90. The van der Waals surface area contributed by atoms with Crippen LogP contribution in [-0.4, -0.2) is 4.57 Å². The second-order valence-corrected chi connectivity index (χ2v) is 4.08. The highest BCUT2D eigenvalue weighted by molar-refractivity contribution is 5.81. The third kappa shape index (κ3) is 1.41. The van der Waals surface area contributed by atoms with Crippen molar-refractivity contribution in [3.8, 4) is 5.69 Å². The summed E-state index contributed by atoms with van der Waals surface area (Å²) in [5, 5.41) is 1.28. The monoisotopic (exact) mass is 207 g/mol. The molecule has 0 amide bonds. The summed E-state index contributed by atoms with van der Waals surface area (Å²) in [6, 6.07) is 19.2. The second-order valence-electron chi connectivity index (χ2n) is 4.08. The average molecular weight is 207 g/mol. The van der Waals surface area contributed by atoms with Gasteiger partial charge in [-0.25, -0.2) is 0 Å². The van der Waals surface area contributed by atoms with E-state index in [9.17, 15) is 0 Å². The number of nitrogens with zero attached hydrogens (tertiary/aromatic N) is 1. The molecule has 1 aromatic heterocycles. The van der Waals surface area contributed by atoms with Crippen LogP contribution in [0.4, 0.5) is 0 Å². The van der Waals surface area contributed by atoms with E-state index in [-0.39, 0.29) is 0 Å². The first-order valence-electron chi connectivity index (χ1n) is 5.48. The topological polar surface area (TPSA) is 4.93 Å². The predicted octanol–water partition coefficient (Wildman–Crippen LogP) is 3.94. The van der Waals surface area contributed by atoms with Gasteiger partial charge in [0, 0.05) is 11.9 Å². The number of hydrogen-bond acceptors (Lipinski definition) is 0. The molecule has 0 saturated carbocycles. The Morgan fingerprint density at radius 2 is 1.56 bits per heavy atom. The average Bonchev–Trinajstić information content (AvgIpc) is 2.74. The van der Waals surface area contributed by atoms with Crippen LogP contribution in [0.25, 0.3) is 16.6 Å². The highest BCUT2D eigenvalue weighted by atomic mass is 15.0. The Kier molecular flexibility index (Phi) is 2.03. The fourth-order valence-corrected chi connectivity index (χ4v) is 2.01. The summed E-state index contributed by atoms with van der Waals surface area (Å²) in [6.45, 7) is 2.11. The van der Waals surface area contributed by atoms with E-state index in [1.54, 1.807) is 0 Å². The lowest BCUT2D eigenvalue weighted by Gasteiger charge is -2.05. The maximum atomic E-state index is 2.22. The molecule has 0 fully saturated rings. The molecule has 2 aromatic carbocycles. The van der Waals surface area contributed by atoms with Gasteiger partial charge in [-0.15, -0.1) is 0 Å². The summed E-state index contributed by atoms with van der Waals surface area (Å²) >= 11 is 0. The lowest BCUT2D eigenvalue weighted by molar-refractivity contribution is 1.12. The minimum absolute atomic E-state index is 1.21. The van der Waals surface area contributed by atoms with Gasteiger partial charge in [0.05, 0.1) is 5.52 Å². The van der Waals surface area contributed by atoms with Crippen LogP contribution in [0.15, 0.2) is 60.8 Å². The molecule has 1 heterocycles. The van der Waals surface area contributed by atoms with Crippen molar-refractivity contribution in [2.75, 3.05) is 0 Å². The minimum atomic E-state index is 1.21. The van der Waals surface area contributed by atoms with Gasteiger partial charge >= 0.3 is 0 Å². The van der Waals surface area contributed by atoms with Gasteiger partial charge in [-0.1, -0.05) is 35.9 Å². The molecular weight excluding hydrogens is 194 g/mol. The lowest BCUT2D eigenvalue weighted by atomic mass is 10.2. The standard InChI is InChI=1S/C15H13N/c1-12-6-8-14(9-7-12)16-11-10-13-4-2-3-5-15(13)16/h2-11H,1H3. The molecule has 1 nitrogen and oxygen atoms in total. The highest BCUT2D eigenvalue weighted by Crippen LogP contribution is 2.20. The Morgan fingerprint density at radius 3 is 2.38 bits per heavy atom. The smallest absolute Gasteiger partial charge is 0.0528 e. The van der Waals surface area contributed by atoms with E-state index < -0.39 is 0 Å². The van der Waals surface area contributed by atoms with Crippen molar-refractivity contribution in [1.29, 1.82) is 0 Å². The Balaban J connectivity index is 2.22. The fraction of sp³-hybridized carbons (Fsp3) is 0.0667. The number of aromatic nitrogens is 1. The van der Waals surface area contributed by atoms with E-state index in [2.05, 4.69) is 72.3 Å². The third-order valence-corrected chi connectivity index (χ3v) is 2.91. The maximum absolute atomic E-state index is 2.22. The van der Waals surface area contributed by atoms with Crippen LogP contribution in [-0.2, 0) is 0 Å². The molecule has 3 aromatic rings. The largest absolute Gasteiger partial charge is 0.317 e. The van der Waals surface area contributed by atoms with Gasteiger partial charge < -0.3 is 4.57 Å². The SMILES string of the molecule is Cc1ccc(-n2ccc3ccccc32)cc1. The van der Waals surface area contributed by atoms with Crippen LogP contribution in [0.5, 0.6) is 0 Å². The predicted molar refractivity (Wildman–Crippen MR) is 68.0 cm³/mol. The van der Waals surface area contributed by atoms with Crippen molar-refractivity contribution >= 4 is 10.9 Å². The van der Waals surface area contributed by atoms with E-state index in [1.165, 1.54) is 22.2 Å². The Hall–Kier alpha value is -2.02. The molecule has 0 aliphatic heterocycles. The number of aryl methyl sites for hydroxylation is 1. The molecule has 0 aliphatic rings. The van der Waals surface area contributed by atoms with Gasteiger partial charge in [-0.05, 0) is 36.6 Å². The minimum Gasteiger partial charge on any atom is -0.317 e. The van der Waals surface area contributed by atoms with Crippen LogP contribution in [0.1, 0.15) is 5.56 Å². The van der Waals surface area contributed by atoms with Crippen LogP contribution in [0.3, 0.4) is 0 Å². The number of para-hydroxylation sites is 1. The number of fused-ring (bicyclic) bond motifs is 1. The second kappa shape index (κ2) is 3.53. The first kappa shape index (κ1) is 9.22. The van der Waals surface area contributed by atoms with Gasteiger partial charge in [-0.3, -0.25) is 0 Å². The maximum Gasteiger partial charge on any atom is 0.0528 e. The van der Waals surface area contributed by atoms with E-state index >= 15 is 0 Å². The van der Waals surface area contributed by atoms with Gasteiger partial charge in [0.15, 0.2) is 0 Å². The van der Waals surface area contributed by atoms with Crippen LogP contribution in [0.2, 0.25) is 0 Å². The van der Waals surface area contributed by atoms with Gasteiger partial charge in [0.25, 0.3) is 0 Å². The molecule has 1 heteroatoms. The summed E-state index contributed by atoms with van der Waals surface area (Å²) in [6.07, 6.45) is 2.12. The third-order valence-electron chi connectivity index (χ3n) is 2.91. The van der Waals surface area contributed by atoms with Crippen molar-refractivity contribution in [2.24, 2.45) is 0 Å². The van der Waals surface area contributed by atoms with Gasteiger partial charge in [-0.2, -0.15) is 0 Å². The highest BCUT2D eigenvalue weighted by Gasteiger charge is 2.01. The summed E-state index contributed by atoms with van der Waals surface area (Å²) in [4.78, 5) is 0. The summed E-state index contributed by atoms with van der Waals surface area (Å²) in [7, 11) is 0. The number of rotatable bonds is 1. The first-order valence-corrected chi connectivity index (χ1v) is 5.48. The molecule has 3 rings (SSSR count). The quantitative estimate of drug-likeness (QED) is 0.569. The molecule has 0 saturated heterocycles. The number of benzene rings is 2. The zero-order valence-electron chi connectivity index (χ0n) is 9.22. The Bertz CT molecular complexity index is 617. The van der Waals surface area contributed by atoms with Crippen molar-refractivity contribution in [3.63, 3.8) is 0 Å². The summed E-state index contributed by atoms with van der Waals surface area (Å²) in [5.74, 6) is 0. The fourth-order valence-electron chi connectivity index (χ4n) is 2.01. The molecule has 0 atom stereocenters. The van der Waals surface area contributed by atoms with E-state index in [4.69, 9.17) is 0 Å². The van der Waals surface area contributed by atoms with Crippen molar-refractivity contribution < 1.29 is 0 Å². The molecule has 0 spiro atoms. The van der Waals surface area contributed by atoms with E-state index in [0.717, 1.165) is 0 Å². The molecule has 0 aliphatic carbocycles. The summed E-state index contributed by atoms with van der Waals surface area (Å²) in [5.41, 5.74) is 3.76. The van der Waals surface area contributed by atoms with Crippen LogP contribution >= 0.6 is 0 Å². The Labute approximate surface area is 95.0 Å². The van der Waals surface area contributed by atoms with Crippen LogP contribution in [0, 0.1) is 6.92 Å². The van der Waals surface area contributed by atoms with Crippen molar-refractivity contribution in [1.82, 2.24) is 4.57 Å². The van der Waals surface area contributed by atoms with Gasteiger partial charge in [0.2, 0.25) is 0 Å². The molecule has 0 radical (unpaired) electrons. The molecule has 0 unspecified atom stereocenters. The van der Waals surface area contributed by atoms with Crippen LogP contribution < -0.4 is 0 Å². The van der Waals surface area contributed by atoms with Crippen molar-refractivity contribution in [2.45, 2.75) is 6.92 Å². The molecule has 16 heavy (non-hydrogen) atoms. The van der Waals surface area contributed by atoms with Gasteiger partial charge in [0.1, 0.15) is 0 Å². The molecule has 78 valence electrons. The van der Waals surface area contributed by atoms with Crippen molar-refractivity contribution in [3.05, 3.63) is 66.4 Å². The zero-order chi connectivity index (χ0) is 11.0. The van der Waals surface area contributed by atoms with E-state index in [1.807, 2.05) is 0 Å². The normalized spacial score (nSPS) is 10.8. The Morgan fingerprint density at radius 1 is 0.812 bits per heavy atom. The first-order chi connectivity index (χ1) is 7.84. The zero-order valence-corrected chi connectivity index (χ0v) is 9.22. The summed E-state index contributed by atoms with van der Waals surface area (Å²) < 4.78 is 2.22. The van der Waals surface area contributed by atoms with E-state index in [0.29, 0.717) is 0 Å². The molecular formula is C15H13N.